The van der Waals surface area contributed by atoms with Crippen LogP contribution in [0.25, 0.3) is 0 Å². The summed E-state index contributed by atoms with van der Waals surface area (Å²) in [7, 11) is 0. The van der Waals surface area contributed by atoms with Crippen molar-refractivity contribution in [3.8, 4) is 0 Å². The number of hydrogen-bond acceptors (Lipinski definition) is 3. The number of rotatable bonds is 3. The first-order chi connectivity index (χ1) is 8.65. The first-order valence-corrected chi connectivity index (χ1v) is 6.14. The highest BCUT2D eigenvalue weighted by Gasteiger charge is 2.30. The Morgan fingerprint density at radius 2 is 2.33 bits per heavy atom. The van der Waals surface area contributed by atoms with Crippen molar-refractivity contribution in [1.82, 2.24) is 9.88 Å². The van der Waals surface area contributed by atoms with Crippen LogP contribution in [0, 0.1) is 0 Å². The summed E-state index contributed by atoms with van der Waals surface area (Å²) in [4.78, 5) is 29.1. The molecule has 0 radical (unpaired) electrons. The van der Waals surface area contributed by atoms with Crippen LogP contribution in [0.15, 0.2) is 18.3 Å². The molecule has 1 N–H and O–H groups in total. The van der Waals surface area contributed by atoms with Crippen LogP contribution >= 0.6 is 0 Å². The Kier molecular flexibility index (Phi) is 3.60. The van der Waals surface area contributed by atoms with Crippen LogP contribution in [-0.2, 0) is 0 Å². The lowest BCUT2D eigenvalue weighted by atomic mass is 10.1. The van der Waals surface area contributed by atoms with Crippen LogP contribution in [0.5, 0.6) is 0 Å². The van der Waals surface area contributed by atoms with E-state index in [1.165, 1.54) is 18.3 Å². The third-order valence-electron chi connectivity index (χ3n) is 3.35. The molecule has 5 heteroatoms. The van der Waals surface area contributed by atoms with Gasteiger partial charge in [-0.05, 0) is 31.4 Å². The number of hydrogen-bond donors (Lipinski definition) is 1. The summed E-state index contributed by atoms with van der Waals surface area (Å²) in [6, 6.07) is 3.15. The molecule has 18 heavy (non-hydrogen) atoms. The van der Waals surface area contributed by atoms with E-state index in [1.807, 2.05) is 6.92 Å². The fraction of sp³-hybridized carbons (Fsp3) is 0.462. The maximum Gasteiger partial charge on any atom is 0.338 e. The topological polar surface area (TPSA) is 70.5 Å². The molecule has 5 nitrogen and oxygen atoms in total. The number of carbonyl (C=O) groups is 2. The molecule has 2 heterocycles. The van der Waals surface area contributed by atoms with Crippen molar-refractivity contribution in [3.05, 3.63) is 29.6 Å². The summed E-state index contributed by atoms with van der Waals surface area (Å²) in [5, 5.41) is 9.07. The van der Waals surface area contributed by atoms with Crippen LogP contribution in [0.2, 0.25) is 0 Å². The molecule has 1 fully saturated rings. The van der Waals surface area contributed by atoms with Gasteiger partial charge in [0.05, 0.1) is 5.56 Å². The van der Waals surface area contributed by atoms with E-state index in [4.69, 9.17) is 5.11 Å². The number of pyridine rings is 1. The number of carboxylic acids is 1. The minimum absolute atomic E-state index is 0.0238. The van der Waals surface area contributed by atoms with Crippen LogP contribution < -0.4 is 0 Å². The molecule has 1 aliphatic heterocycles. The first-order valence-electron chi connectivity index (χ1n) is 6.14. The summed E-state index contributed by atoms with van der Waals surface area (Å²) in [5.74, 6) is -1.38. The third-order valence-corrected chi connectivity index (χ3v) is 3.35. The van der Waals surface area contributed by atoms with Gasteiger partial charge in [-0.15, -0.1) is 0 Å². The molecular weight excluding hydrogens is 232 g/mol. The Morgan fingerprint density at radius 3 is 3.00 bits per heavy atom. The first kappa shape index (κ1) is 12.5. The normalized spacial score (nSPS) is 18.9. The lowest BCUT2D eigenvalue weighted by molar-refractivity contribution is 0.0665. The molecule has 0 aromatic carbocycles. The van der Waals surface area contributed by atoms with Gasteiger partial charge in [-0.25, -0.2) is 4.79 Å². The maximum absolute atomic E-state index is 12.3. The highest BCUT2D eigenvalue weighted by molar-refractivity contribution is 6.03. The number of amides is 1. The number of aromatic nitrogens is 1. The number of carbonyl (C=O) groups excluding carboxylic acids is 1. The quantitative estimate of drug-likeness (QED) is 0.885. The van der Waals surface area contributed by atoms with E-state index in [2.05, 4.69) is 4.98 Å². The van der Waals surface area contributed by atoms with E-state index >= 15 is 0 Å². The SMILES string of the molecule is CCC1CCCN1C(=O)c1ncccc1C(=O)O. The Hall–Kier alpha value is -1.91. The second-order valence-electron chi connectivity index (χ2n) is 4.41. The average molecular weight is 248 g/mol. The summed E-state index contributed by atoms with van der Waals surface area (Å²) in [6.45, 7) is 2.72. The molecule has 1 aromatic rings. The van der Waals surface area contributed by atoms with Gasteiger partial charge in [0.15, 0.2) is 0 Å². The highest BCUT2D eigenvalue weighted by atomic mass is 16.4. The van der Waals surface area contributed by atoms with E-state index < -0.39 is 5.97 Å². The number of aromatic carboxylic acids is 1. The van der Waals surface area contributed by atoms with Crippen molar-refractivity contribution in [1.29, 1.82) is 0 Å². The number of nitrogens with zero attached hydrogens (tertiary/aromatic N) is 2. The minimum Gasteiger partial charge on any atom is -0.478 e. The lowest BCUT2D eigenvalue weighted by Crippen LogP contribution is -2.36. The molecule has 1 aromatic heterocycles. The fourth-order valence-corrected chi connectivity index (χ4v) is 2.41. The smallest absolute Gasteiger partial charge is 0.338 e. The van der Waals surface area contributed by atoms with Gasteiger partial charge in [0.25, 0.3) is 5.91 Å². The van der Waals surface area contributed by atoms with Gasteiger partial charge in [0, 0.05) is 18.8 Å². The third kappa shape index (κ3) is 2.20. The molecule has 0 aliphatic carbocycles. The molecular formula is C13H16N2O3. The van der Waals surface area contributed by atoms with Gasteiger partial charge >= 0.3 is 5.97 Å². The predicted molar refractivity (Wildman–Crippen MR) is 65.5 cm³/mol. The van der Waals surface area contributed by atoms with Crippen molar-refractivity contribution < 1.29 is 14.7 Å². The van der Waals surface area contributed by atoms with Gasteiger partial charge in [-0.2, -0.15) is 0 Å². The Balaban J connectivity index is 2.31. The van der Waals surface area contributed by atoms with Gasteiger partial charge in [0.2, 0.25) is 0 Å². The van der Waals surface area contributed by atoms with Crippen LogP contribution in [0.4, 0.5) is 0 Å². The second kappa shape index (κ2) is 5.16. The maximum atomic E-state index is 12.3. The van der Waals surface area contributed by atoms with Crippen LogP contribution in [-0.4, -0.2) is 39.5 Å². The highest BCUT2D eigenvalue weighted by Crippen LogP contribution is 2.22. The molecule has 1 aliphatic rings. The van der Waals surface area contributed by atoms with Crippen molar-refractivity contribution in [2.45, 2.75) is 32.2 Å². The van der Waals surface area contributed by atoms with Crippen molar-refractivity contribution in [2.24, 2.45) is 0 Å². The molecule has 96 valence electrons. The lowest BCUT2D eigenvalue weighted by Gasteiger charge is -2.23. The zero-order chi connectivity index (χ0) is 13.1. The standard InChI is InChI=1S/C13H16N2O3/c1-2-9-5-4-8-15(9)12(16)11-10(13(17)18)6-3-7-14-11/h3,6-7,9H,2,4-5,8H2,1H3,(H,17,18). The second-order valence-corrected chi connectivity index (χ2v) is 4.41. The summed E-state index contributed by atoms with van der Waals surface area (Å²) in [6.07, 6.45) is 4.30. The van der Waals surface area contributed by atoms with Crippen LogP contribution in [0.1, 0.15) is 47.0 Å². The zero-order valence-electron chi connectivity index (χ0n) is 10.3. The Bertz CT molecular complexity index is 473. The molecule has 0 saturated carbocycles. The molecule has 1 amide bonds. The van der Waals surface area contributed by atoms with Crippen LogP contribution in [0.3, 0.4) is 0 Å². The number of likely N-dealkylation sites (tertiary alicyclic amines) is 1. The van der Waals surface area contributed by atoms with Gasteiger partial charge in [-0.3, -0.25) is 9.78 Å². The Morgan fingerprint density at radius 1 is 1.56 bits per heavy atom. The fourth-order valence-electron chi connectivity index (χ4n) is 2.41. The summed E-state index contributed by atoms with van der Waals surface area (Å²) < 4.78 is 0. The monoisotopic (exact) mass is 248 g/mol. The summed E-state index contributed by atoms with van der Waals surface area (Å²) in [5.41, 5.74) is 0.0228. The van der Waals surface area contributed by atoms with Gasteiger partial charge in [-0.1, -0.05) is 6.92 Å². The molecule has 0 spiro atoms. The summed E-state index contributed by atoms with van der Waals surface area (Å²) >= 11 is 0. The van der Waals surface area contributed by atoms with E-state index in [1.54, 1.807) is 4.90 Å². The van der Waals surface area contributed by atoms with Gasteiger partial charge in [0.1, 0.15) is 5.69 Å². The van der Waals surface area contributed by atoms with Crippen molar-refractivity contribution >= 4 is 11.9 Å². The molecule has 1 unspecified atom stereocenters. The molecule has 0 bridgehead atoms. The molecule has 2 rings (SSSR count). The Labute approximate surface area is 105 Å². The van der Waals surface area contributed by atoms with E-state index in [0.29, 0.717) is 6.54 Å². The largest absolute Gasteiger partial charge is 0.478 e. The van der Waals surface area contributed by atoms with Crippen molar-refractivity contribution in [3.63, 3.8) is 0 Å². The van der Waals surface area contributed by atoms with E-state index in [9.17, 15) is 9.59 Å². The average Bonchev–Trinajstić information content (AvgIpc) is 2.86. The van der Waals surface area contributed by atoms with Crippen molar-refractivity contribution in [2.75, 3.05) is 6.54 Å². The van der Waals surface area contributed by atoms with Gasteiger partial charge < -0.3 is 10.0 Å². The van der Waals surface area contributed by atoms with E-state index in [-0.39, 0.29) is 23.2 Å². The molecule has 1 atom stereocenters. The predicted octanol–water partition coefficient (Wildman–Crippen LogP) is 1.79. The minimum atomic E-state index is -1.11. The zero-order valence-corrected chi connectivity index (χ0v) is 10.3. The van der Waals surface area contributed by atoms with E-state index in [0.717, 1.165) is 19.3 Å². The molecule has 1 saturated heterocycles. The number of carboxylic acid groups (broad SMARTS) is 1.